The first-order chi connectivity index (χ1) is 13.9. The van der Waals surface area contributed by atoms with Crippen LogP contribution in [0.3, 0.4) is 0 Å². The first kappa shape index (κ1) is 20.3. The lowest BCUT2D eigenvalue weighted by molar-refractivity contribution is 0.0950. The molecule has 150 valence electrons. The summed E-state index contributed by atoms with van der Waals surface area (Å²) in [6.07, 6.45) is 0. The van der Waals surface area contributed by atoms with E-state index in [-0.39, 0.29) is 22.7 Å². The van der Waals surface area contributed by atoms with Gasteiger partial charge in [0.25, 0.3) is 15.9 Å². The van der Waals surface area contributed by atoms with Crippen LogP contribution in [0.2, 0.25) is 0 Å². The summed E-state index contributed by atoms with van der Waals surface area (Å²) < 4.78 is 46.3. The molecule has 0 saturated carbocycles. The molecule has 0 fully saturated rings. The molecule has 0 aliphatic heterocycles. The number of benzene rings is 3. The van der Waals surface area contributed by atoms with Crippen LogP contribution in [0.5, 0.6) is 5.75 Å². The van der Waals surface area contributed by atoms with Crippen LogP contribution in [0.15, 0.2) is 77.7 Å². The Morgan fingerprint density at radius 2 is 1.76 bits per heavy atom. The largest absolute Gasteiger partial charge is 0.495 e. The zero-order chi connectivity index (χ0) is 20.9. The third-order valence-electron chi connectivity index (χ3n) is 4.10. The highest BCUT2D eigenvalue weighted by Gasteiger charge is 2.18. The van der Waals surface area contributed by atoms with Gasteiger partial charge in [0.05, 0.1) is 17.7 Å². The van der Waals surface area contributed by atoms with Gasteiger partial charge < -0.3 is 10.1 Å². The minimum atomic E-state index is -3.93. The molecular weight excluding hydrogens is 395 g/mol. The van der Waals surface area contributed by atoms with E-state index < -0.39 is 21.7 Å². The maximum absolute atomic E-state index is 13.2. The number of ether oxygens (including phenoxy) is 1. The summed E-state index contributed by atoms with van der Waals surface area (Å²) in [5.74, 6) is -0.490. The number of halogens is 1. The molecule has 1 amide bonds. The molecule has 0 spiro atoms. The molecule has 0 saturated heterocycles. The molecule has 0 bridgehead atoms. The van der Waals surface area contributed by atoms with Gasteiger partial charge in [-0.15, -0.1) is 0 Å². The van der Waals surface area contributed by atoms with E-state index in [2.05, 4.69) is 10.0 Å². The summed E-state index contributed by atoms with van der Waals surface area (Å²) in [5, 5.41) is 2.65. The number of rotatable bonds is 7. The number of hydrogen-bond acceptors (Lipinski definition) is 4. The van der Waals surface area contributed by atoms with E-state index in [1.165, 1.54) is 43.5 Å². The zero-order valence-electron chi connectivity index (χ0n) is 15.6. The minimum absolute atomic E-state index is 0.0678. The van der Waals surface area contributed by atoms with Crippen molar-refractivity contribution in [3.8, 4) is 5.75 Å². The number of hydrogen-bond donors (Lipinski definition) is 2. The van der Waals surface area contributed by atoms with E-state index in [0.717, 1.165) is 0 Å². The monoisotopic (exact) mass is 414 g/mol. The molecule has 0 unspecified atom stereocenters. The normalized spacial score (nSPS) is 11.0. The fourth-order valence-corrected chi connectivity index (χ4v) is 3.78. The molecule has 0 atom stereocenters. The lowest BCUT2D eigenvalue weighted by Gasteiger charge is -2.12. The Morgan fingerprint density at radius 3 is 2.52 bits per heavy atom. The van der Waals surface area contributed by atoms with Gasteiger partial charge in [-0.2, -0.15) is 0 Å². The summed E-state index contributed by atoms with van der Waals surface area (Å²) >= 11 is 0. The average Bonchev–Trinajstić information content (AvgIpc) is 2.72. The molecule has 2 N–H and O–H groups in total. The van der Waals surface area contributed by atoms with Crippen molar-refractivity contribution in [2.24, 2.45) is 0 Å². The van der Waals surface area contributed by atoms with Gasteiger partial charge in [-0.1, -0.05) is 30.3 Å². The molecule has 0 aliphatic carbocycles. The lowest BCUT2D eigenvalue weighted by Crippen LogP contribution is -2.23. The predicted octanol–water partition coefficient (Wildman–Crippen LogP) is 3.57. The van der Waals surface area contributed by atoms with Crippen molar-refractivity contribution >= 4 is 21.6 Å². The smallest absolute Gasteiger partial charge is 0.262 e. The fourth-order valence-electron chi connectivity index (χ4n) is 2.67. The fraction of sp³-hybridized carbons (Fsp3) is 0.0952. The molecular formula is C21H19FN2O4S. The van der Waals surface area contributed by atoms with E-state index >= 15 is 0 Å². The number of anilines is 1. The second kappa shape index (κ2) is 8.74. The topological polar surface area (TPSA) is 84.5 Å². The van der Waals surface area contributed by atoms with Crippen LogP contribution >= 0.6 is 0 Å². The standard InChI is InChI=1S/C21H19FN2O4S/c1-28-20-11-3-2-10-19(20)24-29(26,27)18-9-5-7-16(13-18)21(25)23-14-15-6-4-8-17(22)12-15/h2-13,24H,14H2,1H3,(H,23,25). The number of amides is 1. The van der Waals surface area contributed by atoms with Crippen molar-refractivity contribution in [2.45, 2.75) is 11.4 Å². The Hall–Kier alpha value is -3.39. The molecule has 0 heterocycles. The zero-order valence-corrected chi connectivity index (χ0v) is 16.4. The Morgan fingerprint density at radius 1 is 1.00 bits per heavy atom. The van der Waals surface area contributed by atoms with Crippen molar-refractivity contribution in [3.05, 3.63) is 89.7 Å². The molecule has 0 aromatic heterocycles. The minimum Gasteiger partial charge on any atom is -0.495 e. The molecule has 0 radical (unpaired) electrons. The van der Waals surface area contributed by atoms with Gasteiger partial charge in [0, 0.05) is 12.1 Å². The highest BCUT2D eigenvalue weighted by atomic mass is 32.2. The van der Waals surface area contributed by atoms with E-state index in [0.29, 0.717) is 11.3 Å². The maximum Gasteiger partial charge on any atom is 0.262 e. The molecule has 3 rings (SSSR count). The lowest BCUT2D eigenvalue weighted by atomic mass is 10.2. The number of methoxy groups -OCH3 is 1. The number of carbonyl (C=O) groups is 1. The van der Waals surface area contributed by atoms with Gasteiger partial charge in [-0.3, -0.25) is 9.52 Å². The van der Waals surface area contributed by atoms with E-state index in [9.17, 15) is 17.6 Å². The van der Waals surface area contributed by atoms with Crippen molar-refractivity contribution in [3.63, 3.8) is 0 Å². The second-order valence-corrected chi connectivity index (χ2v) is 7.83. The van der Waals surface area contributed by atoms with E-state index in [4.69, 9.17) is 4.74 Å². The van der Waals surface area contributed by atoms with E-state index in [1.54, 1.807) is 36.4 Å². The van der Waals surface area contributed by atoms with Crippen LogP contribution in [-0.4, -0.2) is 21.4 Å². The first-order valence-corrected chi connectivity index (χ1v) is 10.2. The number of carbonyl (C=O) groups excluding carboxylic acids is 1. The Balaban J connectivity index is 1.76. The van der Waals surface area contributed by atoms with Crippen molar-refractivity contribution in [1.29, 1.82) is 0 Å². The first-order valence-electron chi connectivity index (χ1n) is 8.67. The Kier molecular flexibility index (Phi) is 6.13. The molecule has 6 nitrogen and oxygen atoms in total. The van der Waals surface area contributed by atoms with Crippen LogP contribution in [0.4, 0.5) is 10.1 Å². The SMILES string of the molecule is COc1ccccc1NS(=O)(=O)c1cccc(C(=O)NCc2cccc(F)c2)c1. The van der Waals surface area contributed by atoms with Crippen LogP contribution < -0.4 is 14.8 Å². The highest BCUT2D eigenvalue weighted by Crippen LogP contribution is 2.26. The van der Waals surface area contributed by atoms with Gasteiger partial charge in [0.15, 0.2) is 0 Å². The Labute approximate surface area is 168 Å². The van der Waals surface area contributed by atoms with Gasteiger partial charge in [-0.05, 0) is 48.0 Å². The van der Waals surface area contributed by atoms with Crippen LogP contribution in [0.1, 0.15) is 15.9 Å². The van der Waals surface area contributed by atoms with Crippen molar-refractivity contribution in [1.82, 2.24) is 5.32 Å². The third-order valence-corrected chi connectivity index (χ3v) is 5.46. The molecule has 3 aromatic carbocycles. The average molecular weight is 414 g/mol. The summed E-state index contributed by atoms with van der Waals surface area (Å²) in [6.45, 7) is 0.118. The molecule has 0 aliphatic rings. The number of para-hydroxylation sites is 2. The van der Waals surface area contributed by atoms with Crippen LogP contribution in [0.25, 0.3) is 0 Å². The van der Waals surface area contributed by atoms with Gasteiger partial charge in [-0.25, -0.2) is 12.8 Å². The maximum atomic E-state index is 13.2. The van der Waals surface area contributed by atoms with Gasteiger partial charge in [0.1, 0.15) is 11.6 Å². The van der Waals surface area contributed by atoms with Gasteiger partial charge in [0.2, 0.25) is 0 Å². The van der Waals surface area contributed by atoms with Crippen molar-refractivity contribution in [2.75, 3.05) is 11.8 Å². The van der Waals surface area contributed by atoms with Gasteiger partial charge >= 0.3 is 0 Å². The summed E-state index contributed by atoms with van der Waals surface area (Å²) in [6, 6.07) is 18.1. The highest BCUT2D eigenvalue weighted by molar-refractivity contribution is 7.92. The molecule has 29 heavy (non-hydrogen) atoms. The number of nitrogens with one attached hydrogen (secondary N) is 2. The summed E-state index contributed by atoms with van der Waals surface area (Å²) in [7, 11) is -2.49. The van der Waals surface area contributed by atoms with E-state index in [1.807, 2.05) is 0 Å². The molecule has 3 aromatic rings. The number of sulfonamides is 1. The quantitative estimate of drug-likeness (QED) is 0.619. The molecule has 8 heteroatoms. The second-order valence-electron chi connectivity index (χ2n) is 6.15. The van der Waals surface area contributed by atoms with Crippen molar-refractivity contribution < 1.29 is 22.3 Å². The third kappa shape index (κ3) is 5.11. The summed E-state index contributed by atoms with van der Waals surface area (Å²) in [5.41, 5.74) is 1.06. The Bertz CT molecular complexity index is 1130. The van der Waals surface area contributed by atoms with Crippen LogP contribution in [-0.2, 0) is 16.6 Å². The predicted molar refractivity (Wildman–Crippen MR) is 108 cm³/mol. The summed E-state index contributed by atoms with van der Waals surface area (Å²) in [4.78, 5) is 12.3. The van der Waals surface area contributed by atoms with Crippen LogP contribution in [0, 0.1) is 5.82 Å².